The molecule has 32 heavy (non-hydrogen) atoms. The number of rotatable bonds is 7. The summed E-state index contributed by atoms with van der Waals surface area (Å²) in [7, 11) is 1.55. The van der Waals surface area contributed by atoms with Crippen molar-refractivity contribution in [1.29, 1.82) is 5.41 Å². The highest BCUT2D eigenvalue weighted by molar-refractivity contribution is 6.05. The van der Waals surface area contributed by atoms with Crippen LogP contribution in [0.3, 0.4) is 0 Å². The van der Waals surface area contributed by atoms with Gasteiger partial charge in [-0.15, -0.1) is 0 Å². The van der Waals surface area contributed by atoms with Crippen molar-refractivity contribution in [3.05, 3.63) is 76.1 Å². The molecule has 8 heteroatoms. The fourth-order valence-electron chi connectivity index (χ4n) is 3.70. The second-order valence-electron chi connectivity index (χ2n) is 7.53. The third-order valence-corrected chi connectivity index (χ3v) is 5.38. The lowest BCUT2D eigenvalue weighted by atomic mass is 10.1. The van der Waals surface area contributed by atoms with E-state index in [1.165, 1.54) is 10.5 Å². The number of amides is 1. The summed E-state index contributed by atoms with van der Waals surface area (Å²) in [6, 6.07) is 13.8. The van der Waals surface area contributed by atoms with Gasteiger partial charge in [0.15, 0.2) is 0 Å². The van der Waals surface area contributed by atoms with E-state index in [4.69, 9.17) is 10.1 Å². The average molecular weight is 431 g/mol. The molecule has 164 valence electrons. The molecule has 0 aliphatic heterocycles. The van der Waals surface area contributed by atoms with Gasteiger partial charge in [0.2, 0.25) is 0 Å². The molecule has 0 saturated heterocycles. The second kappa shape index (κ2) is 9.05. The Morgan fingerprint density at radius 1 is 1.16 bits per heavy atom. The molecule has 4 aromatic rings. The van der Waals surface area contributed by atoms with E-state index in [1.807, 2.05) is 6.07 Å². The summed E-state index contributed by atoms with van der Waals surface area (Å²) in [6.07, 6.45) is 4.46. The van der Waals surface area contributed by atoms with Crippen LogP contribution >= 0.6 is 0 Å². The lowest BCUT2D eigenvalue weighted by molar-refractivity contribution is 0.102. The smallest absolute Gasteiger partial charge is 0.267 e. The molecule has 0 spiro atoms. The minimum Gasteiger partial charge on any atom is -0.497 e. The number of fused-ring (bicyclic) bond motifs is 2. The van der Waals surface area contributed by atoms with Crippen molar-refractivity contribution in [1.82, 2.24) is 14.0 Å². The molecule has 0 unspecified atom stereocenters. The van der Waals surface area contributed by atoms with Gasteiger partial charge in [-0.3, -0.25) is 19.4 Å². The van der Waals surface area contributed by atoms with Crippen LogP contribution in [0.25, 0.3) is 16.7 Å². The molecular weight excluding hydrogens is 406 g/mol. The number of hydrogen-bond acceptors (Lipinski definition) is 5. The van der Waals surface area contributed by atoms with E-state index < -0.39 is 5.91 Å². The number of methoxy groups -OCH3 is 1. The van der Waals surface area contributed by atoms with E-state index in [-0.39, 0.29) is 16.6 Å². The number of nitrogens with zero attached hydrogens (tertiary/aromatic N) is 3. The number of anilines is 1. The van der Waals surface area contributed by atoms with Crippen LogP contribution in [0.4, 0.5) is 5.69 Å². The number of carbonyl (C=O) groups is 1. The van der Waals surface area contributed by atoms with Crippen LogP contribution in [0.15, 0.2) is 59.5 Å². The summed E-state index contributed by atoms with van der Waals surface area (Å²) >= 11 is 0. The molecule has 1 aromatic carbocycles. The van der Waals surface area contributed by atoms with Gasteiger partial charge in [-0.25, -0.2) is 4.98 Å². The van der Waals surface area contributed by atoms with E-state index in [0.717, 1.165) is 19.3 Å². The van der Waals surface area contributed by atoms with Crippen molar-refractivity contribution in [2.24, 2.45) is 0 Å². The minimum absolute atomic E-state index is 0.0289. The Morgan fingerprint density at radius 3 is 2.78 bits per heavy atom. The number of unbranched alkanes of at least 4 members (excludes halogenated alkanes) is 2. The molecule has 8 nitrogen and oxygen atoms in total. The van der Waals surface area contributed by atoms with Crippen molar-refractivity contribution in [2.75, 3.05) is 12.4 Å². The summed E-state index contributed by atoms with van der Waals surface area (Å²) in [4.78, 5) is 31.0. The van der Waals surface area contributed by atoms with Crippen molar-refractivity contribution in [2.45, 2.75) is 32.7 Å². The Balaban J connectivity index is 1.88. The summed E-state index contributed by atoms with van der Waals surface area (Å²) in [6.45, 7) is 2.60. The molecule has 3 aromatic heterocycles. The van der Waals surface area contributed by atoms with E-state index >= 15 is 0 Å². The number of benzene rings is 1. The molecule has 0 fully saturated rings. The molecular formula is C24H25N5O3. The second-order valence-corrected chi connectivity index (χ2v) is 7.53. The van der Waals surface area contributed by atoms with Crippen LogP contribution in [0.2, 0.25) is 0 Å². The fraction of sp³-hybridized carbons (Fsp3) is 0.250. The maximum absolute atomic E-state index is 13.2. The molecule has 0 aliphatic carbocycles. The molecule has 3 heterocycles. The van der Waals surface area contributed by atoms with Crippen LogP contribution in [-0.4, -0.2) is 27.0 Å². The van der Waals surface area contributed by atoms with Gasteiger partial charge in [0.05, 0.1) is 18.1 Å². The SMILES string of the molecule is CCCCCn1c(=N)c(C(=O)Nc2cccc(OC)c2)cc2c(=O)n3ccccc3nc21. The highest BCUT2D eigenvalue weighted by Gasteiger charge is 2.17. The molecule has 0 bridgehead atoms. The number of aromatic nitrogens is 3. The Kier molecular flexibility index (Phi) is 6.02. The fourth-order valence-corrected chi connectivity index (χ4v) is 3.70. The van der Waals surface area contributed by atoms with Crippen LogP contribution in [-0.2, 0) is 6.54 Å². The number of aryl methyl sites for hydroxylation is 1. The first-order chi connectivity index (χ1) is 15.5. The van der Waals surface area contributed by atoms with Gasteiger partial charge in [-0.2, -0.15) is 0 Å². The number of hydrogen-bond donors (Lipinski definition) is 2. The lowest BCUT2D eigenvalue weighted by Gasteiger charge is -2.15. The van der Waals surface area contributed by atoms with Crippen molar-refractivity contribution >= 4 is 28.3 Å². The largest absolute Gasteiger partial charge is 0.497 e. The predicted molar refractivity (Wildman–Crippen MR) is 123 cm³/mol. The van der Waals surface area contributed by atoms with Crippen molar-refractivity contribution < 1.29 is 9.53 Å². The standard InChI is InChI=1S/C24H25N5O3/c1-3-4-6-13-29-21(25)18(23(30)26-16-9-8-10-17(14-16)32-2)15-19-22(29)27-20-11-5-7-12-28(20)24(19)31/h5,7-12,14-15,25H,3-4,6,13H2,1-2H3,(H,26,30). The van der Waals surface area contributed by atoms with E-state index in [0.29, 0.717) is 34.7 Å². The third-order valence-electron chi connectivity index (χ3n) is 5.38. The van der Waals surface area contributed by atoms with Crippen LogP contribution in [0, 0.1) is 5.41 Å². The summed E-state index contributed by atoms with van der Waals surface area (Å²) in [5, 5.41) is 11.9. The first kappa shape index (κ1) is 21.3. The highest BCUT2D eigenvalue weighted by atomic mass is 16.5. The maximum atomic E-state index is 13.2. The van der Waals surface area contributed by atoms with Crippen LogP contribution in [0.1, 0.15) is 36.5 Å². The number of carbonyl (C=O) groups excluding carboxylic acids is 1. The predicted octanol–water partition coefficient (Wildman–Crippen LogP) is 3.58. The number of nitrogens with one attached hydrogen (secondary N) is 2. The molecule has 2 N–H and O–H groups in total. The quantitative estimate of drug-likeness (QED) is 0.345. The topological polar surface area (TPSA) is 101 Å². The zero-order valence-electron chi connectivity index (χ0n) is 18.1. The third kappa shape index (κ3) is 3.99. The van der Waals surface area contributed by atoms with Gasteiger partial charge in [0.1, 0.15) is 22.5 Å². The molecule has 0 aliphatic rings. The maximum Gasteiger partial charge on any atom is 0.267 e. The lowest BCUT2D eigenvalue weighted by Crippen LogP contribution is -2.32. The molecule has 0 atom stereocenters. The van der Waals surface area contributed by atoms with Crippen LogP contribution in [0.5, 0.6) is 5.75 Å². The zero-order valence-corrected chi connectivity index (χ0v) is 18.1. The summed E-state index contributed by atoms with van der Waals surface area (Å²) < 4.78 is 8.33. The number of pyridine rings is 2. The Hall–Kier alpha value is -3.94. The van der Waals surface area contributed by atoms with Gasteiger partial charge < -0.3 is 14.6 Å². The van der Waals surface area contributed by atoms with Gasteiger partial charge in [0.25, 0.3) is 11.5 Å². The van der Waals surface area contributed by atoms with E-state index in [9.17, 15) is 9.59 Å². The summed E-state index contributed by atoms with van der Waals surface area (Å²) in [5.74, 6) is 0.142. The monoisotopic (exact) mass is 431 g/mol. The van der Waals surface area contributed by atoms with Gasteiger partial charge >= 0.3 is 0 Å². The molecule has 0 radical (unpaired) electrons. The van der Waals surface area contributed by atoms with Gasteiger partial charge in [-0.1, -0.05) is 31.9 Å². The van der Waals surface area contributed by atoms with Gasteiger partial charge in [0, 0.05) is 24.5 Å². The van der Waals surface area contributed by atoms with E-state index in [1.54, 1.807) is 54.3 Å². The zero-order chi connectivity index (χ0) is 22.7. The minimum atomic E-state index is -0.466. The Bertz CT molecular complexity index is 1420. The molecule has 0 saturated carbocycles. The molecule has 4 rings (SSSR count). The Morgan fingerprint density at radius 2 is 2.00 bits per heavy atom. The first-order valence-corrected chi connectivity index (χ1v) is 10.6. The van der Waals surface area contributed by atoms with E-state index in [2.05, 4.69) is 17.2 Å². The van der Waals surface area contributed by atoms with Crippen LogP contribution < -0.4 is 21.1 Å². The van der Waals surface area contributed by atoms with Gasteiger partial charge in [-0.05, 0) is 36.8 Å². The highest BCUT2D eigenvalue weighted by Crippen LogP contribution is 2.18. The molecule has 1 amide bonds. The summed E-state index contributed by atoms with van der Waals surface area (Å²) in [5.41, 5.74) is 1.33. The normalized spacial score (nSPS) is 11.1. The average Bonchev–Trinajstić information content (AvgIpc) is 2.81. The van der Waals surface area contributed by atoms with Crippen molar-refractivity contribution in [3.8, 4) is 5.75 Å². The first-order valence-electron chi connectivity index (χ1n) is 10.6. The van der Waals surface area contributed by atoms with Crippen molar-refractivity contribution in [3.63, 3.8) is 0 Å². The Labute approximate surface area is 184 Å². The number of ether oxygens (including phenoxy) is 1.